The van der Waals surface area contributed by atoms with Crippen LogP contribution < -0.4 is 28.4 Å². The highest BCUT2D eigenvalue weighted by Gasteiger charge is 2.18. The van der Waals surface area contributed by atoms with Crippen molar-refractivity contribution in [3.8, 4) is 34.5 Å². The van der Waals surface area contributed by atoms with E-state index >= 15 is 0 Å². The van der Waals surface area contributed by atoms with E-state index in [1.807, 2.05) is 7.05 Å². The maximum absolute atomic E-state index is 12.5. The van der Waals surface area contributed by atoms with E-state index in [9.17, 15) is 9.59 Å². The summed E-state index contributed by atoms with van der Waals surface area (Å²) in [7, 11) is 11.1. The largest absolute Gasteiger partial charge is 0.493 e. The molecule has 2 rings (SSSR count). The Hall–Kier alpha value is -4.12. The molecule has 0 bridgehead atoms. The topological polar surface area (TPSA) is 111 Å². The number of likely N-dealkylation sites (N-methyl/N-ethyl adjacent to an activating group) is 1. The molecule has 11 heteroatoms. The molecule has 0 aliphatic carbocycles. The standard InChI is InChI=1S/C31H43NO10/c1-32(15-17-41-28(33)13-12-22-18-24(35-2)29(39-6)25(19-22)36-3)14-10-8-9-11-16-42-31(34)23-20-26(37-4)30(40-7)27(21-23)38-5/h12-13,18-21H,8-11,14-17H2,1-7H3/b13-12+. The van der Waals surface area contributed by atoms with Crippen LogP contribution in [0.1, 0.15) is 41.6 Å². The van der Waals surface area contributed by atoms with E-state index in [2.05, 4.69) is 4.90 Å². The first-order valence-corrected chi connectivity index (χ1v) is 13.6. The minimum Gasteiger partial charge on any atom is -0.493 e. The van der Waals surface area contributed by atoms with Crippen molar-refractivity contribution in [2.45, 2.75) is 25.7 Å². The molecule has 0 aromatic heterocycles. The van der Waals surface area contributed by atoms with Crippen LogP contribution in [0.5, 0.6) is 34.5 Å². The molecule has 0 aliphatic rings. The average Bonchev–Trinajstić information content (AvgIpc) is 3.01. The van der Waals surface area contributed by atoms with Gasteiger partial charge in [0.2, 0.25) is 11.5 Å². The third-order valence-corrected chi connectivity index (χ3v) is 6.38. The number of carbonyl (C=O) groups is 2. The summed E-state index contributed by atoms with van der Waals surface area (Å²) >= 11 is 0. The number of esters is 2. The van der Waals surface area contributed by atoms with Crippen molar-refractivity contribution in [3.05, 3.63) is 41.5 Å². The van der Waals surface area contributed by atoms with Crippen molar-refractivity contribution in [2.75, 3.05) is 76.0 Å². The van der Waals surface area contributed by atoms with Gasteiger partial charge in [0.25, 0.3) is 0 Å². The minimum atomic E-state index is -0.443. The zero-order valence-electron chi connectivity index (χ0n) is 25.7. The molecule has 0 heterocycles. The van der Waals surface area contributed by atoms with Crippen molar-refractivity contribution in [2.24, 2.45) is 0 Å². The van der Waals surface area contributed by atoms with Crippen LogP contribution in [0.15, 0.2) is 30.3 Å². The number of rotatable bonds is 19. The van der Waals surface area contributed by atoms with Gasteiger partial charge in [-0.15, -0.1) is 0 Å². The van der Waals surface area contributed by atoms with Crippen molar-refractivity contribution in [1.29, 1.82) is 0 Å². The Morgan fingerprint density at radius 2 is 1.17 bits per heavy atom. The van der Waals surface area contributed by atoms with Gasteiger partial charge in [-0.1, -0.05) is 12.8 Å². The van der Waals surface area contributed by atoms with E-state index in [-0.39, 0.29) is 6.61 Å². The summed E-state index contributed by atoms with van der Waals surface area (Å²) in [6.45, 7) is 2.09. The maximum atomic E-state index is 12.5. The SMILES string of the molecule is COc1cc(/C=C/C(=O)OCCN(C)CCCCCCOC(=O)c2cc(OC)c(OC)c(OC)c2)cc(OC)c1OC. The molecule has 0 radical (unpaired) electrons. The summed E-state index contributed by atoms with van der Waals surface area (Å²) in [5.41, 5.74) is 1.05. The lowest BCUT2D eigenvalue weighted by Gasteiger charge is -2.16. The second kappa shape index (κ2) is 18.3. The van der Waals surface area contributed by atoms with Gasteiger partial charge in [0.1, 0.15) is 6.61 Å². The van der Waals surface area contributed by atoms with Crippen LogP contribution in [-0.2, 0) is 14.3 Å². The minimum absolute atomic E-state index is 0.284. The molecule has 0 N–H and O–H groups in total. The molecule has 0 saturated heterocycles. The fourth-order valence-corrected chi connectivity index (χ4v) is 4.11. The predicted octanol–water partition coefficient (Wildman–Crippen LogP) is 4.64. The molecule has 11 nitrogen and oxygen atoms in total. The van der Waals surface area contributed by atoms with Gasteiger partial charge in [0.15, 0.2) is 23.0 Å². The second-order valence-electron chi connectivity index (χ2n) is 9.23. The zero-order valence-corrected chi connectivity index (χ0v) is 25.7. The van der Waals surface area contributed by atoms with E-state index in [0.717, 1.165) is 37.8 Å². The smallest absolute Gasteiger partial charge is 0.338 e. The lowest BCUT2D eigenvalue weighted by molar-refractivity contribution is -0.138. The highest BCUT2D eigenvalue weighted by molar-refractivity contribution is 5.91. The molecule has 2 aromatic carbocycles. The summed E-state index contributed by atoms with van der Waals surface area (Å²) in [5.74, 6) is 1.83. The summed E-state index contributed by atoms with van der Waals surface area (Å²) in [4.78, 5) is 26.7. The third kappa shape index (κ3) is 10.4. The molecule has 0 spiro atoms. The van der Waals surface area contributed by atoms with Gasteiger partial charge in [-0.3, -0.25) is 0 Å². The van der Waals surface area contributed by atoms with E-state index in [0.29, 0.717) is 53.2 Å². The Labute approximate surface area is 248 Å². The highest BCUT2D eigenvalue weighted by atomic mass is 16.5. The third-order valence-electron chi connectivity index (χ3n) is 6.38. The van der Waals surface area contributed by atoms with Crippen LogP contribution in [0.3, 0.4) is 0 Å². The predicted molar refractivity (Wildman–Crippen MR) is 158 cm³/mol. The van der Waals surface area contributed by atoms with Gasteiger partial charge < -0.3 is 42.8 Å². The van der Waals surface area contributed by atoms with Gasteiger partial charge in [-0.25, -0.2) is 9.59 Å². The molecule has 42 heavy (non-hydrogen) atoms. The summed E-state index contributed by atoms with van der Waals surface area (Å²) in [5, 5.41) is 0. The fourth-order valence-electron chi connectivity index (χ4n) is 4.11. The Balaban J connectivity index is 1.63. The Kier molecular flexibility index (Phi) is 14.9. The van der Waals surface area contributed by atoms with Gasteiger partial charge in [0, 0.05) is 12.6 Å². The van der Waals surface area contributed by atoms with Crippen molar-refractivity contribution < 1.29 is 47.5 Å². The number of nitrogens with zero attached hydrogens (tertiary/aromatic N) is 1. The van der Waals surface area contributed by atoms with E-state index in [4.69, 9.17) is 37.9 Å². The molecular weight excluding hydrogens is 546 g/mol. The van der Waals surface area contributed by atoms with Crippen LogP contribution in [0, 0.1) is 0 Å². The molecule has 0 unspecified atom stereocenters. The van der Waals surface area contributed by atoms with E-state index < -0.39 is 11.9 Å². The number of benzene rings is 2. The molecular formula is C31H43NO10. The Morgan fingerprint density at radius 1 is 0.643 bits per heavy atom. The van der Waals surface area contributed by atoms with Crippen LogP contribution in [0.2, 0.25) is 0 Å². The van der Waals surface area contributed by atoms with Gasteiger partial charge in [-0.05, 0) is 62.3 Å². The summed E-state index contributed by atoms with van der Waals surface area (Å²) < 4.78 is 42.6. The van der Waals surface area contributed by atoms with Crippen molar-refractivity contribution in [1.82, 2.24) is 4.90 Å². The van der Waals surface area contributed by atoms with Crippen LogP contribution in [0.25, 0.3) is 6.08 Å². The van der Waals surface area contributed by atoms with E-state index in [1.165, 1.54) is 48.7 Å². The van der Waals surface area contributed by atoms with Crippen LogP contribution in [-0.4, -0.2) is 92.8 Å². The molecule has 0 atom stereocenters. The fraction of sp³-hybridized carbons (Fsp3) is 0.484. The first-order chi connectivity index (χ1) is 20.3. The number of methoxy groups -OCH3 is 6. The number of unbranched alkanes of at least 4 members (excludes halogenated alkanes) is 3. The molecule has 0 aliphatic heterocycles. The lowest BCUT2D eigenvalue weighted by atomic mass is 10.1. The monoisotopic (exact) mass is 589 g/mol. The van der Waals surface area contributed by atoms with Crippen molar-refractivity contribution >= 4 is 18.0 Å². The number of carbonyl (C=O) groups excluding carboxylic acids is 2. The Bertz CT molecular complexity index is 1130. The van der Waals surface area contributed by atoms with E-state index in [1.54, 1.807) is 30.3 Å². The first kappa shape index (κ1) is 34.1. The molecule has 0 saturated carbocycles. The molecule has 232 valence electrons. The quantitative estimate of drug-likeness (QED) is 0.130. The van der Waals surface area contributed by atoms with Gasteiger partial charge in [-0.2, -0.15) is 0 Å². The number of ether oxygens (including phenoxy) is 8. The summed E-state index contributed by atoms with van der Waals surface area (Å²) in [6, 6.07) is 6.64. The number of hydrogen-bond acceptors (Lipinski definition) is 11. The van der Waals surface area contributed by atoms with Crippen LogP contribution in [0.4, 0.5) is 0 Å². The Morgan fingerprint density at radius 3 is 1.69 bits per heavy atom. The average molecular weight is 590 g/mol. The zero-order chi connectivity index (χ0) is 30.9. The van der Waals surface area contributed by atoms with Crippen LogP contribution >= 0.6 is 0 Å². The van der Waals surface area contributed by atoms with Gasteiger partial charge in [0.05, 0.1) is 54.8 Å². The number of hydrogen-bond donors (Lipinski definition) is 0. The second-order valence-corrected chi connectivity index (χ2v) is 9.23. The summed E-state index contributed by atoms with van der Waals surface area (Å²) in [6.07, 6.45) is 6.66. The normalized spacial score (nSPS) is 10.9. The lowest BCUT2D eigenvalue weighted by Crippen LogP contribution is -2.25. The molecule has 0 fully saturated rings. The highest BCUT2D eigenvalue weighted by Crippen LogP contribution is 2.39. The molecule has 2 aromatic rings. The van der Waals surface area contributed by atoms with Gasteiger partial charge >= 0.3 is 11.9 Å². The maximum Gasteiger partial charge on any atom is 0.338 e. The first-order valence-electron chi connectivity index (χ1n) is 13.6. The van der Waals surface area contributed by atoms with Crippen molar-refractivity contribution in [3.63, 3.8) is 0 Å². The molecule has 0 amide bonds.